The van der Waals surface area contributed by atoms with Gasteiger partial charge in [-0.1, -0.05) is 39.0 Å². The quantitative estimate of drug-likeness (QED) is 0.659. The van der Waals surface area contributed by atoms with Crippen LogP contribution in [-0.4, -0.2) is 13.2 Å². The van der Waals surface area contributed by atoms with E-state index in [2.05, 4.69) is 51.2 Å². The van der Waals surface area contributed by atoms with Gasteiger partial charge in [0.15, 0.2) is 0 Å². The Hall–Kier alpha value is -1.02. The molecule has 1 aromatic rings. The van der Waals surface area contributed by atoms with Crippen molar-refractivity contribution in [3.8, 4) is 5.75 Å². The summed E-state index contributed by atoms with van der Waals surface area (Å²) in [4.78, 5) is 0. The normalized spacial score (nSPS) is 12.7. The minimum atomic E-state index is 0.348. The molecule has 0 fully saturated rings. The lowest BCUT2D eigenvalue weighted by Gasteiger charge is -2.18. The van der Waals surface area contributed by atoms with Crippen molar-refractivity contribution in [2.45, 2.75) is 53.0 Å². The van der Waals surface area contributed by atoms with Gasteiger partial charge in [0.25, 0.3) is 0 Å². The maximum Gasteiger partial charge on any atom is 0.124 e. The first kappa shape index (κ1) is 16.0. The molecule has 0 aliphatic carbocycles. The van der Waals surface area contributed by atoms with Crippen molar-refractivity contribution < 1.29 is 4.74 Å². The highest BCUT2D eigenvalue weighted by Crippen LogP contribution is 2.25. The molecule has 2 heteroatoms. The molecule has 1 aromatic carbocycles. The van der Waals surface area contributed by atoms with E-state index in [0.717, 1.165) is 37.7 Å². The van der Waals surface area contributed by atoms with Crippen LogP contribution >= 0.6 is 0 Å². The van der Waals surface area contributed by atoms with Gasteiger partial charge >= 0.3 is 0 Å². The van der Waals surface area contributed by atoms with Crippen molar-refractivity contribution in [2.75, 3.05) is 13.2 Å². The third kappa shape index (κ3) is 6.11. The molecule has 0 saturated carbocycles. The first-order valence-corrected chi connectivity index (χ1v) is 7.60. The fraction of sp³-hybridized carbons (Fsp3) is 0.647. The fourth-order valence-electron chi connectivity index (χ4n) is 2.11. The van der Waals surface area contributed by atoms with E-state index < -0.39 is 0 Å². The largest absolute Gasteiger partial charge is 0.493 e. The lowest BCUT2D eigenvalue weighted by atomic mass is 10.1. The van der Waals surface area contributed by atoms with Crippen LogP contribution in [0.4, 0.5) is 0 Å². The zero-order valence-corrected chi connectivity index (χ0v) is 12.9. The summed E-state index contributed by atoms with van der Waals surface area (Å²) in [5, 5.41) is 3.52. The van der Waals surface area contributed by atoms with E-state index in [4.69, 9.17) is 4.74 Å². The molecule has 1 unspecified atom stereocenters. The van der Waals surface area contributed by atoms with E-state index in [9.17, 15) is 0 Å². The molecule has 0 heterocycles. The van der Waals surface area contributed by atoms with Crippen molar-refractivity contribution in [3.05, 3.63) is 29.8 Å². The van der Waals surface area contributed by atoms with Crippen LogP contribution in [0.5, 0.6) is 5.75 Å². The zero-order chi connectivity index (χ0) is 14.1. The maximum absolute atomic E-state index is 5.95. The minimum Gasteiger partial charge on any atom is -0.493 e. The Morgan fingerprint density at radius 1 is 1.16 bits per heavy atom. The molecule has 1 rings (SSSR count). The lowest BCUT2D eigenvalue weighted by Crippen LogP contribution is -2.20. The lowest BCUT2D eigenvalue weighted by molar-refractivity contribution is 0.292. The second-order valence-electron chi connectivity index (χ2n) is 5.60. The molecule has 0 bridgehead atoms. The Bertz CT molecular complexity index is 349. The molecule has 0 aromatic heterocycles. The summed E-state index contributed by atoms with van der Waals surface area (Å²) >= 11 is 0. The van der Waals surface area contributed by atoms with Crippen molar-refractivity contribution >= 4 is 0 Å². The molecule has 0 saturated heterocycles. The Labute approximate surface area is 118 Å². The highest BCUT2D eigenvalue weighted by Gasteiger charge is 2.10. The number of para-hydroxylation sites is 1. The van der Waals surface area contributed by atoms with Gasteiger partial charge in [0.05, 0.1) is 6.61 Å². The monoisotopic (exact) mass is 263 g/mol. The third-order valence-corrected chi connectivity index (χ3v) is 3.27. The number of nitrogens with one attached hydrogen (secondary N) is 1. The molecule has 0 aliphatic heterocycles. The SMILES string of the molecule is CCCNC(C)c1ccccc1OCCCC(C)C. The summed E-state index contributed by atoms with van der Waals surface area (Å²) in [5.41, 5.74) is 1.26. The zero-order valence-electron chi connectivity index (χ0n) is 12.9. The van der Waals surface area contributed by atoms with Crippen LogP contribution in [-0.2, 0) is 0 Å². The molecule has 2 nitrogen and oxygen atoms in total. The van der Waals surface area contributed by atoms with E-state index in [1.807, 2.05) is 6.07 Å². The number of hydrogen-bond donors (Lipinski definition) is 1. The summed E-state index contributed by atoms with van der Waals surface area (Å²) in [6, 6.07) is 8.72. The molecule has 0 spiro atoms. The molecule has 0 aliphatic rings. The van der Waals surface area contributed by atoms with Crippen LogP contribution in [0.25, 0.3) is 0 Å². The molecule has 0 radical (unpaired) electrons. The summed E-state index contributed by atoms with van der Waals surface area (Å²) in [5.74, 6) is 1.78. The Morgan fingerprint density at radius 2 is 1.89 bits per heavy atom. The molecule has 108 valence electrons. The first-order chi connectivity index (χ1) is 9.15. The topological polar surface area (TPSA) is 21.3 Å². The fourth-order valence-corrected chi connectivity index (χ4v) is 2.11. The van der Waals surface area contributed by atoms with Gasteiger partial charge in [-0.3, -0.25) is 0 Å². The van der Waals surface area contributed by atoms with E-state index in [1.165, 1.54) is 12.0 Å². The van der Waals surface area contributed by atoms with Crippen LogP contribution in [0.15, 0.2) is 24.3 Å². The first-order valence-electron chi connectivity index (χ1n) is 7.60. The molecule has 0 amide bonds. The molecule has 1 atom stereocenters. The van der Waals surface area contributed by atoms with Crippen molar-refractivity contribution in [3.63, 3.8) is 0 Å². The summed E-state index contributed by atoms with van der Waals surface area (Å²) in [6.07, 6.45) is 3.51. The number of rotatable bonds is 9. The van der Waals surface area contributed by atoms with Gasteiger partial charge in [-0.25, -0.2) is 0 Å². The van der Waals surface area contributed by atoms with Crippen molar-refractivity contribution in [2.24, 2.45) is 5.92 Å². The van der Waals surface area contributed by atoms with E-state index >= 15 is 0 Å². The van der Waals surface area contributed by atoms with E-state index in [-0.39, 0.29) is 0 Å². The second kappa shape index (κ2) is 8.98. The Balaban J connectivity index is 2.52. The standard InChI is InChI=1S/C17H29NO/c1-5-12-18-15(4)16-10-6-7-11-17(16)19-13-8-9-14(2)3/h6-7,10-11,14-15,18H,5,8-9,12-13H2,1-4H3. The number of hydrogen-bond acceptors (Lipinski definition) is 2. The second-order valence-corrected chi connectivity index (χ2v) is 5.60. The number of benzene rings is 1. The van der Waals surface area contributed by atoms with Gasteiger partial charge in [0, 0.05) is 11.6 Å². The van der Waals surface area contributed by atoms with Gasteiger partial charge in [-0.15, -0.1) is 0 Å². The molecule has 1 N–H and O–H groups in total. The average molecular weight is 263 g/mol. The summed E-state index contributed by atoms with van der Waals surface area (Å²) in [7, 11) is 0. The van der Waals surface area contributed by atoms with Crippen LogP contribution in [0.1, 0.15) is 58.6 Å². The van der Waals surface area contributed by atoms with Gasteiger partial charge < -0.3 is 10.1 Å². The van der Waals surface area contributed by atoms with E-state index in [1.54, 1.807) is 0 Å². The van der Waals surface area contributed by atoms with Crippen LogP contribution < -0.4 is 10.1 Å². The van der Waals surface area contributed by atoms with Crippen LogP contribution in [0.2, 0.25) is 0 Å². The van der Waals surface area contributed by atoms with Gasteiger partial charge in [-0.05, 0) is 44.7 Å². The van der Waals surface area contributed by atoms with Gasteiger partial charge in [0.1, 0.15) is 5.75 Å². The predicted molar refractivity (Wildman–Crippen MR) is 82.7 cm³/mol. The van der Waals surface area contributed by atoms with Crippen molar-refractivity contribution in [1.29, 1.82) is 0 Å². The summed E-state index contributed by atoms with van der Waals surface area (Å²) < 4.78 is 5.95. The highest BCUT2D eigenvalue weighted by atomic mass is 16.5. The predicted octanol–water partition coefficient (Wildman–Crippen LogP) is 4.56. The Kier molecular flexibility index (Phi) is 7.57. The minimum absolute atomic E-state index is 0.348. The highest BCUT2D eigenvalue weighted by molar-refractivity contribution is 5.35. The van der Waals surface area contributed by atoms with Crippen molar-refractivity contribution in [1.82, 2.24) is 5.32 Å². The van der Waals surface area contributed by atoms with Crippen LogP contribution in [0.3, 0.4) is 0 Å². The molecular weight excluding hydrogens is 234 g/mol. The maximum atomic E-state index is 5.95. The Morgan fingerprint density at radius 3 is 2.58 bits per heavy atom. The molecular formula is C17H29NO. The van der Waals surface area contributed by atoms with E-state index in [0.29, 0.717) is 6.04 Å². The smallest absolute Gasteiger partial charge is 0.124 e. The number of ether oxygens (including phenoxy) is 1. The average Bonchev–Trinajstić information content (AvgIpc) is 2.41. The van der Waals surface area contributed by atoms with Gasteiger partial charge in [-0.2, -0.15) is 0 Å². The van der Waals surface area contributed by atoms with Gasteiger partial charge in [0.2, 0.25) is 0 Å². The van der Waals surface area contributed by atoms with Crippen LogP contribution in [0, 0.1) is 5.92 Å². The molecule has 19 heavy (non-hydrogen) atoms. The summed E-state index contributed by atoms with van der Waals surface area (Å²) in [6.45, 7) is 10.8. The third-order valence-electron chi connectivity index (χ3n) is 3.27.